The standard InChI is InChI=1S/C20H26O6/c1-13-10-14(4-3-9-21)5-8-17(13)26-19(12-22)20(24)15-6-7-16(23)18(11-15)25-2/h5-8,10-11,19-24H,3-4,9,12H2,1-2H3. The van der Waals surface area contributed by atoms with Crippen LogP contribution in [-0.4, -0.2) is 46.9 Å². The van der Waals surface area contributed by atoms with Crippen LogP contribution in [0.4, 0.5) is 0 Å². The molecular formula is C20H26O6. The van der Waals surface area contributed by atoms with Crippen LogP contribution in [0.25, 0.3) is 0 Å². The Morgan fingerprint density at radius 3 is 2.42 bits per heavy atom. The third kappa shape index (κ3) is 4.88. The van der Waals surface area contributed by atoms with E-state index in [-0.39, 0.29) is 24.7 Å². The van der Waals surface area contributed by atoms with Crippen LogP contribution in [0.3, 0.4) is 0 Å². The third-order valence-electron chi connectivity index (χ3n) is 4.22. The van der Waals surface area contributed by atoms with Gasteiger partial charge in [-0.15, -0.1) is 0 Å². The van der Waals surface area contributed by atoms with Crippen LogP contribution in [0.5, 0.6) is 17.2 Å². The van der Waals surface area contributed by atoms with E-state index < -0.39 is 12.2 Å². The van der Waals surface area contributed by atoms with Gasteiger partial charge in [-0.25, -0.2) is 0 Å². The van der Waals surface area contributed by atoms with E-state index in [0.717, 1.165) is 17.5 Å². The summed E-state index contributed by atoms with van der Waals surface area (Å²) in [7, 11) is 1.42. The zero-order valence-corrected chi connectivity index (χ0v) is 15.1. The minimum absolute atomic E-state index is 0.0285. The Bertz CT molecular complexity index is 715. The molecule has 0 saturated carbocycles. The molecule has 0 amide bonds. The maximum absolute atomic E-state index is 10.6. The summed E-state index contributed by atoms with van der Waals surface area (Å²) in [4.78, 5) is 0. The molecule has 0 radical (unpaired) electrons. The molecule has 0 spiro atoms. The third-order valence-corrected chi connectivity index (χ3v) is 4.22. The van der Waals surface area contributed by atoms with Gasteiger partial charge in [-0.2, -0.15) is 0 Å². The van der Waals surface area contributed by atoms with Crippen molar-refractivity contribution in [3.8, 4) is 17.2 Å². The van der Waals surface area contributed by atoms with Gasteiger partial charge in [0, 0.05) is 6.61 Å². The molecule has 0 aliphatic rings. The fourth-order valence-electron chi connectivity index (χ4n) is 2.74. The van der Waals surface area contributed by atoms with Crippen LogP contribution in [0.15, 0.2) is 36.4 Å². The molecule has 142 valence electrons. The summed E-state index contributed by atoms with van der Waals surface area (Å²) in [6.45, 7) is 1.66. The maximum atomic E-state index is 10.6. The van der Waals surface area contributed by atoms with E-state index in [9.17, 15) is 15.3 Å². The van der Waals surface area contributed by atoms with Gasteiger partial charge < -0.3 is 29.9 Å². The molecule has 6 heteroatoms. The molecule has 0 saturated heterocycles. The van der Waals surface area contributed by atoms with Crippen LogP contribution in [0, 0.1) is 6.92 Å². The van der Waals surface area contributed by atoms with E-state index in [0.29, 0.717) is 17.7 Å². The van der Waals surface area contributed by atoms with Gasteiger partial charge in [0.05, 0.1) is 13.7 Å². The Morgan fingerprint density at radius 2 is 1.81 bits per heavy atom. The van der Waals surface area contributed by atoms with Gasteiger partial charge in [0.15, 0.2) is 17.6 Å². The summed E-state index contributed by atoms with van der Waals surface area (Å²) < 4.78 is 10.9. The molecule has 0 fully saturated rings. The van der Waals surface area contributed by atoms with Gasteiger partial charge in [0.2, 0.25) is 0 Å². The van der Waals surface area contributed by atoms with Crippen molar-refractivity contribution in [1.82, 2.24) is 0 Å². The van der Waals surface area contributed by atoms with E-state index in [1.54, 1.807) is 12.1 Å². The number of aromatic hydroxyl groups is 1. The number of hydrogen-bond acceptors (Lipinski definition) is 6. The van der Waals surface area contributed by atoms with Crippen molar-refractivity contribution in [2.45, 2.75) is 32.0 Å². The fourth-order valence-corrected chi connectivity index (χ4v) is 2.74. The van der Waals surface area contributed by atoms with Gasteiger partial charge in [0.1, 0.15) is 11.9 Å². The average molecular weight is 362 g/mol. The SMILES string of the molecule is COc1cc(C(O)C(CO)Oc2ccc(CCCO)cc2C)ccc1O. The first-order valence-electron chi connectivity index (χ1n) is 8.53. The smallest absolute Gasteiger partial charge is 0.160 e. The van der Waals surface area contributed by atoms with Crippen LogP contribution in [0.2, 0.25) is 0 Å². The molecule has 0 aliphatic carbocycles. The molecular weight excluding hydrogens is 336 g/mol. The number of ether oxygens (including phenoxy) is 2. The van der Waals surface area contributed by atoms with Crippen molar-refractivity contribution in [3.63, 3.8) is 0 Å². The lowest BCUT2D eigenvalue weighted by Crippen LogP contribution is -2.29. The van der Waals surface area contributed by atoms with Crippen molar-refractivity contribution < 1.29 is 29.9 Å². The summed E-state index contributed by atoms with van der Waals surface area (Å²) in [6.07, 6.45) is -0.494. The molecule has 2 rings (SSSR count). The molecule has 2 aromatic carbocycles. The summed E-state index contributed by atoms with van der Waals surface area (Å²) in [6, 6.07) is 10.2. The number of hydrogen-bond donors (Lipinski definition) is 4. The van der Waals surface area contributed by atoms with Gasteiger partial charge in [-0.05, 0) is 54.7 Å². The highest BCUT2D eigenvalue weighted by Crippen LogP contribution is 2.31. The van der Waals surface area contributed by atoms with Gasteiger partial charge in [-0.3, -0.25) is 0 Å². The van der Waals surface area contributed by atoms with Crippen molar-refractivity contribution in [2.24, 2.45) is 0 Å². The molecule has 0 bridgehead atoms. The predicted molar refractivity (Wildman–Crippen MR) is 97.7 cm³/mol. The topological polar surface area (TPSA) is 99.4 Å². The van der Waals surface area contributed by atoms with Crippen molar-refractivity contribution in [2.75, 3.05) is 20.3 Å². The second-order valence-corrected chi connectivity index (χ2v) is 6.14. The Kier molecular flexibility index (Phi) is 7.26. The zero-order valence-electron chi connectivity index (χ0n) is 15.1. The molecule has 0 aromatic heterocycles. The lowest BCUT2D eigenvalue weighted by atomic mass is 10.0. The summed E-state index contributed by atoms with van der Waals surface area (Å²) in [5.74, 6) is 0.781. The van der Waals surface area contributed by atoms with Crippen LogP contribution in [-0.2, 0) is 6.42 Å². The van der Waals surface area contributed by atoms with Crippen LogP contribution in [0.1, 0.15) is 29.2 Å². The minimum Gasteiger partial charge on any atom is -0.504 e. The monoisotopic (exact) mass is 362 g/mol. The van der Waals surface area contributed by atoms with Crippen LogP contribution >= 0.6 is 0 Å². The number of methoxy groups -OCH3 is 1. The lowest BCUT2D eigenvalue weighted by molar-refractivity contribution is 0.000325. The Hall–Kier alpha value is -2.28. The largest absolute Gasteiger partial charge is 0.504 e. The fraction of sp³-hybridized carbons (Fsp3) is 0.400. The van der Waals surface area contributed by atoms with Crippen molar-refractivity contribution >= 4 is 0 Å². The summed E-state index contributed by atoms with van der Waals surface area (Å²) >= 11 is 0. The highest BCUT2D eigenvalue weighted by molar-refractivity contribution is 5.43. The molecule has 2 unspecified atom stereocenters. The second kappa shape index (κ2) is 9.43. The molecule has 26 heavy (non-hydrogen) atoms. The summed E-state index contributed by atoms with van der Waals surface area (Å²) in [5, 5.41) is 38.8. The van der Waals surface area contributed by atoms with Crippen LogP contribution < -0.4 is 9.47 Å². The molecule has 2 atom stereocenters. The highest BCUT2D eigenvalue weighted by atomic mass is 16.5. The maximum Gasteiger partial charge on any atom is 0.160 e. The van der Waals surface area contributed by atoms with E-state index in [2.05, 4.69) is 0 Å². The predicted octanol–water partition coefficient (Wildman–Crippen LogP) is 2.11. The molecule has 4 N–H and O–H groups in total. The number of phenols is 1. The number of rotatable bonds is 9. The number of aliphatic hydroxyl groups excluding tert-OH is 3. The van der Waals surface area contributed by atoms with E-state index in [1.807, 2.05) is 19.1 Å². The molecule has 2 aromatic rings. The van der Waals surface area contributed by atoms with E-state index >= 15 is 0 Å². The average Bonchev–Trinajstić information content (AvgIpc) is 2.65. The van der Waals surface area contributed by atoms with E-state index in [1.165, 1.54) is 19.2 Å². The van der Waals surface area contributed by atoms with Crippen molar-refractivity contribution in [3.05, 3.63) is 53.1 Å². The number of aliphatic hydroxyl groups is 3. The number of benzene rings is 2. The van der Waals surface area contributed by atoms with E-state index in [4.69, 9.17) is 14.6 Å². The minimum atomic E-state index is -1.09. The highest BCUT2D eigenvalue weighted by Gasteiger charge is 2.24. The summed E-state index contributed by atoms with van der Waals surface area (Å²) in [5.41, 5.74) is 2.44. The first-order valence-corrected chi connectivity index (χ1v) is 8.53. The number of phenolic OH excluding ortho intramolecular Hbond substituents is 1. The first kappa shape index (κ1) is 20.0. The second-order valence-electron chi connectivity index (χ2n) is 6.14. The Morgan fingerprint density at radius 1 is 1.04 bits per heavy atom. The Balaban J connectivity index is 2.15. The Labute approximate surface area is 153 Å². The quantitative estimate of drug-likeness (QED) is 0.545. The lowest BCUT2D eigenvalue weighted by Gasteiger charge is -2.24. The normalized spacial score (nSPS) is 13.3. The molecule has 0 heterocycles. The first-order chi connectivity index (χ1) is 12.5. The van der Waals surface area contributed by atoms with Gasteiger partial charge in [-0.1, -0.05) is 18.2 Å². The zero-order chi connectivity index (χ0) is 19.1. The van der Waals surface area contributed by atoms with Crippen molar-refractivity contribution in [1.29, 1.82) is 0 Å². The van der Waals surface area contributed by atoms with Gasteiger partial charge >= 0.3 is 0 Å². The number of aryl methyl sites for hydroxylation is 2. The molecule has 0 aliphatic heterocycles. The van der Waals surface area contributed by atoms with Gasteiger partial charge in [0.25, 0.3) is 0 Å². The molecule has 6 nitrogen and oxygen atoms in total.